The Labute approximate surface area is 117 Å². The van der Waals surface area contributed by atoms with Gasteiger partial charge in [-0.2, -0.15) is 11.8 Å². The number of thioether (sulfide) groups is 1. The van der Waals surface area contributed by atoms with Crippen molar-refractivity contribution in [1.82, 2.24) is 10.2 Å². The number of hydrogen-bond donors (Lipinski definition) is 3. The predicted octanol–water partition coefficient (Wildman–Crippen LogP) is 0.605. The van der Waals surface area contributed by atoms with Gasteiger partial charge in [0.15, 0.2) is 0 Å². The summed E-state index contributed by atoms with van der Waals surface area (Å²) in [6.07, 6.45) is 3.50. The minimum atomic E-state index is -1.00. The summed E-state index contributed by atoms with van der Waals surface area (Å²) in [7, 11) is 1.65. The Morgan fingerprint density at radius 2 is 2.11 bits per heavy atom. The zero-order valence-electron chi connectivity index (χ0n) is 11.3. The molecule has 0 saturated heterocycles. The molecule has 0 unspecified atom stereocenters. The summed E-state index contributed by atoms with van der Waals surface area (Å²) in [5, 5.41) is 20.7. The molecular weight excluding hydrogens is 268 g/mol. The SMILES string of the molecule is CSCC[C@@H](NC(=O)N(C)CC1CC(O)C1)C(=O)O. The first-order valence-corrected chi connectivity index (χ1v) is 7.74. The number of carbonyl (C=O) groups is 2. The van der Waals surface area contributed by atoms with Crippen LogP contribution >= 0.6 is 11.8 Å². The summed E-state index contributed by atoms with van der Waals surface area (Å²) in [5.41, 5.74) is 0. The molecule has 0 heterocycles. The van der Waals surface area contributed by atoms with Gasteiger partial charge in [0.2, 0.25) is 0 Å². The van der Waals surface area contributed by atoms with Gasteiger partial charge in [-0.15, -0.1) is 0 Å². The maximum absolute atomic E-state index is 11.9. The van der Waals surface area contributed by atoms with E-state index in [9.17, 15) is 14.7 Å². The molecule has 3 N–H and O–H groups in total. The largest absolute Gasteiger partial charge is 0.480 e. The van der Waals surface area contributed by atoms with Gasteiger partial charge in [0.25, 0.3) is 0 Å². The monoisotopic (exact) mass is 290 g/mol. The van der Waals surface area contributed by atoms with Crippen LogP contribution in [0.5, 0.6) is 0 Å². The van der Waals surface area contributed by atoms with Gasteiger partial charge >= 0.3 is 12.0 Å². The van der Waals surface area contributed by atoms with E-state index in [0.717, 1.165) is 0 Å². The number of nitrogens with zero attached hydrogens (tertiary/aromatic N) is 1. The third kappa shape index (κ3) is 5.28. The molecule has 6 nitrogen and oxygen atoms in total. The summed E-state index contributed by atoms with van der Waals surface area (Å²) >= 11 is 1.55. The van der Waals surface area contributed by atoms with Crippen molar-refractivity contribution in [2.24, 2.45) is 5.92 Å². The molecule has 1 rings (SSSR count). The summed E-state index contributed by atoms with van der Waals surface area (Å²) < 4.78 is 0. The molecule has 1 aliphatic carbocycles. The fourth-order valence-corrected chi connectivity index (χ4v) is 2.54. The molecular formula is C12H22N2O4S. The standard InChI is InChI=1S/C12H22N2O4S/c1-14(7-8-5-9(15)6-8)12(18)13-10(11(16)17)3-4-19-2/h8-10,15H,3-7H2,1-2H3,(H,13,18)(H,16,17)/t8?,9?,10-/m1/s1. The van der Waals surface area contributed by atoms with Crippen LogP contribution in [0.25, 0.3) is 0 Å². The predicted molar refractivity (Wildman–Crippen MR) is 74.3 cm³/mol. The number of carbonyl (C=O) groups excluding carboxylic acids is 1. The van der Waals surface area contributed by atoms with E-state index in [2.05, 4.69) is 5.32 Å². The Morgan fingerprint density at radius 1 is 1.47 bits per heavy atom. The van der Waals surface area contributed by atoms with Crippen LogP contribution in [0.3, 0.4) is 0 Å². The molecule has 110 valence electrons. The molecule has 0 aromatic carbocycles. The van der Waals surface area contributed by atoms with E-state index in [-0.39, 0.29) is 12.1 Å². The van der Waals surface area contributed by atoms with Gasteiger partial charge in [0.05, 0.1) is 6.10 Å². The van der Waals surface area contributed by atoms with Gasteiger partial charge in [0.1, 0.15) is 6.04 Å². The normalized spacial score (nSPS) is 23.3. The van der Waals surface area contributed by atoms with Crippen LogP contribution in [-0.4, -0.2) is 64.9 Å². The van der Waals surface area contributed by atoms with Crippen molar-refractivity contribution in [2.75, 3.05) is 25.6 Å². The highest BCUT2D eigenvalue weighted by atomic mass is 32.2. The second kappa shape index (κ2) is 7.59. The first-order valence-electron chi connectivity index (χ1n) is 6.35. The maximum Gasteiger partial charge on any atom is 0.326 e. The number of nitrogens with one attached hydrogen (secondary N) is 1. The molecule has 0 spiro atoms. The highest BCUT2D eigenvalue weighted by Crippen LogP contribution is 2.27. The molecule has 1 aliphatic rings. The van der Waals surface area contributed by atoms with E-state index in [0.29, 0.717) is 37.5 Å². The molecule has 0 aromatic heterocycles. The van der Waals surface area contributed by atoms with Crippen LogP contribution in [0.2, 0.25) is 0 Å². The quantitative estimate of drug-likeness (QED) is 0.639. The summed E-state index contributed by atoms with van der Waals surface area (Å²) in [6, 6.07) is -1.20. The average molecular weight is 290 g/mol. The maximum atomic E-state index is 11.9. The van der Waals surface area contributed by atoms with Crippen molar-refractivity contribution in [3.05, 3.63) is 0 Å². The number of aliphatic hydroxyl groups is 1. The van der Waals surface area contributed by atoms with E-state index >= 15 is 0 Å². The third-order valence-corrected chi connectivity index (χ3v) is 3.94. The van der Waals surface area contributed by atoms with Crippen LogP contribution in [-0.2, 0) is 4.79 Å². The van der Waals surface area contributed by atoms with Crippen LogP contribution < -0.4 is 5.32 Å². The van der Waals surface area contributed by atoms with E-state index < -0.39 is 12.0 Å². The van der Waals surface area contributed by atoms with Gasteiger partial charge in [0, 0.05) is 13.6 Å². The number of aliphatic carboxylic acids is 1. The lowest BCUT2D eigenvalue weighted by atomic mass is 9.82. The highest BCUT2D eigenvalue weighted by molar-refractivity contribution is 7.98. The average Bonchev–Trinajstić information content (AvgIpc) is 2.31. The van der Waals surface area contributed by atoms with Crippen molar-refractivity contribution in [3.8, 4) is 0 Å². The van der Waals surface area contributed by atoms with Crippen molar-refractivity contribution in [2.45, 2.75) is 31.4 Å². The van der Waals surface area contributed by atoms with E-state index in [1.54, 1.807) is 18.8 Å². The smallest absolute Gasteiger partial charge is 0.326 e. The zero-order chi connectivity index (χ0) is 14.4. The molecule has 0 bridgehead atoms. The van der Waals surface area contributed by atoms with E-state index in [4.69, 9.17) is 5.11 Å². The summed E-state index contributed by atoms with van der Waals surface area (Å²) in [4.78, 5) is 24.4. The number of urea groups is 1. The number of aliphatic hydroxyl groups excluding tert-OH is 1. The topological polar surface area (TPSA) is 89.9 Å². The zero-order valence-corrected chi connectivity index (χ0v) is 12.2. The lowest BCUT2D eigenvalue weighted by molar-refractivity contribution is -0.139. The van der Waals surface area contributed by atoms with Gasteiger partial charge in [-0.1, -0.05) is 0 Å². The Bertz CT molecular complexity index is 321. The van der Waals surface area contributed by atoms with Crippen LogP contribution in [0.4, 0.5) is 4.79 Å². The van der Waals surface area contributed by atoms with E-state index in [1.807, 2.05) is 6.26 Å². The van der Waals surface area contributed by atoms with E-state index in [1.165, 1.54) is 4.90 Å². The molecule has 0 aromatic rings. The lowest BCUT2D eigenvalue weighted by Gasteiger charge is -2.34. The number of rotatable bonds is 7. The number of hydrogen-bond acceptors (Lipinski definition) is 4. The highest BCUT2D eigenvalue weighted by Gasteiger charge is 2.30. The molecule has 1 fully saturated rings. The number of amides is 2. The second-order valence-electron chi connectivity index (χ2n) is 4.99. The molecule has 1 saturated carbocycles. The van der Waals surface area contributed by atoms with Crippen LogP contribution in [0.1, 0.15) is 19.3 Å². The second-order valence-corrected chi connectivity index (χ2v) is 5.98. The minimum Gasteiger partial charge on any atom is -0.480 e. The molecule has 2 amide bonds. The van der Waals surface area contributed by atoms with Gasteiger partial charge < -0.3 is 20.4 Å². The molecule has 0 radical (unpaired) electrons. The van der Waals surface area contributed by atoms with Crippen molar-refractivity contribution < 1.29 is 19.8 Å². The fourth-order valence-electron chi connectivity index (χ4n) is 2.07. The minimum absolute atomic E-state index is 0.241. The van der Waals surface area contributed by atoms with Crippen molar-refractivity contribution in [3.63, 3.8) is 0 Å². The van der Waals surface area contributed by atoms with Crippen LogP contribution in [0, 0.1) is 5.92 Å². The molecule has 1 atom stereocenters. The molecule has 7 heteroatoms. The van der Waals surface area contributed by atoms with Crippen molar-refractivity contribution in [1.29, 1.82) is 0 Å². The first kappa shape index (κ1) is 16.1. The third-order valence-electron chi connectivity index (χ3n) is 3.30. The van der Waals surface area contributed by atoms with Gasteiger partial charge in [-0.3, -0.25) is 0 Å². The fraction of sp³-hybridized carbons (Fsp3) is 0.833. The summed E-state index contributed by atoms with van der Waals surface area (Å²) in [6.45, 7) is 0.553. The number of carboxylic acids is 1. The van der Waals surface area contributed by atoms with Gasteiger partial charge in [-0.25, -0.2) is 9.59 Å². The number of carboxylic acid groups (broad SMARTS) is 1. The Hall–Kier alpha value is -0.950. The Balaban J connectivity index is 2.35. The lowest BCUT2D eigenvalue weighted by Crippen LogP contribution is -2.49. The van der Waals surface area contributed by atoms with Gasteiger partial charge in [-0.05, 0) is 37.2 Å². The van der Waals surface area contributed by atoms with Crippen molar-refractivity contribution >= 4 is 23.8 Å². The van der Waals surface area contributed by atoms with Crippen LogP contribution in [0.15, 0.2) is 0 Å². The summed E-state index contributed by atoms with van der Waals surface area (Å²) in [5.74, 6) is 0.00516. The Morgan fingerprint density at radius 3 is 2.58 bits per heavy atom. The first-order chi connectivity index (χ1) is 8.93. The Kier molecular flexibility index (Phi) is 6.44. The molecule has 19 heavy (non-hydrogen) atoms. The molecule has 0 aliphatic heterocycles.